The first kappa shape index (κ1) is 17.3. The van der Waals surface area contributed by atoms with Gasteiger partial charge in [0.25, 0.3) is 11.6 Å². The molecule has 9 heteroatoms. The molecular formula is C12H13ClN2O5S. The van der Waals surface area contributed by atoms with E-state index in [0.29, 0.717) is 5.75 Å². The summed E-state index contributed by atoms with van der Waals surface area (Å²) in [5.74, 6) is -1.49. The summed E-state index contributed by atoms with van der Waals surface area (Å²) in [5, 5.41) is 22.4. The Kier molecular flexibility index (Phi) is 6.44. The molecular weight excluding hydrogens is 320 g/mol. The Morgan fingerprint density at radius 1 is 1.52 bits per heavy atom. The SMILES string of the molecule is CSCCC(NC(=O)c1cc(Cl)ccc1[N+](=O)[O-])C(=O)O. The van der Waals surface area contributed by atoms with Gasteiger partial charge in [-0.3, -0.25) is 14.9 Å². The molecule has 0 aliphatic heterocycles. The van der Waals surface area contributed by atoms with Crippen LogP contribution in [-0.2, 0) is 4.79 Å². The third-order valence-corrected chi connectivity index (χ3v) is 3.49. The Hall–Kier alpha value is -1.80. The zero-order valence-electron chi connectivity index (χ0n) is 11.0. The van der Waals surface area contributed by atoms with Crippen LogP contribution in [-0.4, -0.2) is 40.0 Å². The number of carbonyl (C=O) groups excluding carboxylic acids is 1. The Morgan fingerprint density at radius 3 is 2.71 bits per heavy atom. The van der Waals surface area contributed by atoms with Crippen LogP contribution in [0.3, 0.4) is 0 Å². The quantitative estimate of drug-likeness (QED) is 0.585. The van der Waals surface area contributed by atoms with Crippen molar-refractivity contribution in [3.63, 3.8) is 0 Å². The standard InChI is InChI=1S/C12H13ClN2O5S/c1-21-5-4-9(12(17)18)14-11(16)8-6-7(13)2-3-10(8)15(19)20/h2-3,6,9H,4-5H2,1H3,(H,14,16)(H,17,18). The number of hydrogen-bond acceptors (Lipinski definition) is 5. The lowest BCUT2D eigenvalue weighted by Gasteiger charge is -2.14. The molecule has 0 saturated heterocycles. The van der Waals surface area contributed by atoms with Crippen molar-refractivity contribution in [1.29, 1.82) is 0 Å². The van der Waals surface area contributed by atoms with E-state index in [4.69, 9.17) is 16.7 Å². The fraction of sp³-hybridized carbons (Fsp3) is 0.333. The highest BCUT2D eigenvalue weighted by atomic mass is 35.5. The first-order valence-corrected chi connectivity index (χ1v) is 7.60. The van der Waals surface area contributed by atoms with Crippen molar-refractivity contribution >= 4 is 40.9 Å². The van der Waals surface area contributed by atoms with E-state index < -0.39 is 28.5 Å². The summed E-state index contributed by atoms with van der Waals surface area (Å²) in [7, 11) is 0. The van der Waals surface area contributed by atoms with Crippen molar-refractivity contribution in [3.05, 3.63) is 38.9 Å². The molecule has 1 aromatic carbocycles. The van der Waals surface area contributed by atoms with Crippen LogP contribution in [0.4, 0.5) is 5.69 Å². The van der Waals surface area contributed by atoms with Gasteiger partial charge in [-0.15, -0.1) is 0 Å². The van der Waals surface area contributed by atoms with Crippen molar-refractivity contribution in [2.45, 2.75) is 12.5 Å². The number of aliphatic carboxylic acids is 1. The minimum Gasteiger partial charge on any atom is -0.480 e. The summed E-state index contributed by atoms with van der Waals surface area (Å²) in [4.78, 5) is 33.3. The molecule has 1 unspecified atom stereocenters. The zero-order chi connectivity index (χ0) is 16.0. The lowest BCUT2D eigenvalue weighted by atomic mass is 10.1. The molecule has 0 saturated carbocycles. The smallest absolute Gasteiger partial charge is 0.326 e. The van der Waals surface area contributed by atoms with Gasteiger partial charge in [0.15, 0.2) is 0 Å². The molecule has 21 heavy (non-hydrogen) atoms. The number of nitrogens with zero attached hydrogens (tertiary/aromatic N) is 1. The molecule has 0 radical (unpaired) electrons. The second-order valence-corrected chi connectivity index (χ2v) is 5.49. The number of amides is 1. The van der Waals surface area contributed by atoms with Crippen LogP contribution in [0.15, 0.2) is 18.2 Å². The number of hydrogen-bond donors (Lipinski definition) is 2. The van der Waals surface area contributed by atoms with Crippen LogP contribution in [0.5, 0.6) is 0 Å². The van der Waals surface area contributed by atoms with Gasteiger partial charge in [-0.2, -0.15) is 11.8 Å². The van der Waals surface area contributed by atoms with E-state index in [-0.39, 0.29) is 17.0 Å². The average Bonchev–Trinajstić information content (AvgIpc) is 2.42. The number of nitro benzene ring substituents is 1. The highest BCUT2D eigenvalue weighted by Gasteiger charge is 2.25. The van der Waals surface area contributed by atoms with Crippen LogP contribution in [0.2, 0.25) is 5.02 Å². The highest BCUT2D eigenvalue weighted by Crippen LogP contribution is 2.22. The minimum absolute atomic E-state index is 0.154. The normalized spacial score (nSPS) is 11.7. The number of nitro groups is 1. The van der Waals surface area contributed by atoms with Gasteiger partial charge in [0.1, 0.15) is 11.6 Å². The number of carbonyl (C=O) groups is 2. The fourth-order valence-corrected chi connectivity index (χ4v) is 2.22. The highest BCUT2D eigenvalue weighted by molar-refractivity contribution is 7.98. The summed E-state index contributed by atoms with van der Waals surface area (Å²) < 4.78 is 0. The topological polar surface area (TPSA) is 110 Å². The summed E-state index contributed by atoms with van der Waals surface area (Å²) >= 11 is 7.16. The van der Waals surface area contributed by atoms with Crippen molar-refractivity contribution in [3.8, 4) is 0 Å². The molecule has 0 aliphatic carbocycles. The number of carboxylic acids is 1. The first-order chi connectivity index (χ1) is 9.86. The van der Waals surface area contributed by atoms with Gasteiger partial charge in [-0.05, 0) is 30.6 Å². The molecule has 7 nitrogen and oxygen atoms in total. The molecule has 1 amide bonds. The van der Waals surface area contributed by atoms with E-state index >= 15 is 0 Å². The van der Waals surface area contributed by atoms with Gasteiger partial charge in [0, 0.05) is 11.1 Å². The number of thioether (sulfide) groups is 1. The Labute approximate surface area is 129 Å². The Bertz CT molecular complexity index is 567. The lowest BCUT2D eigenvalue weighted by Crippen LogP contribution is -2.41. The molecule has 114 valence electrons. The first-order valence-electron chi connectivity index (χ1n) is 5.83. The maximum atomic E-state index is 12.1. The maximum Gasteiger partial charge on any atom is 0.326 e. The van der Waals surface area contributed by atoms with Crippen molar-refractivity contribution in [2.75, 3.05) is 12.0 Å². The Balaban J connectivity index is 2.99. The van der Waals surface area contributed by atoms with Gasteiger partial charge in [-0.1, -0.05) is 11.6 Å². The van der Waals surface area contributed by atoms with Crippen LogP contribution >= 0.6 is 23.4 Å². The third-order valence-electron chi connectivity index (χ3n) is 2.61. The molecule has 0 spiro atoms. The predicted octanol–water partition coefficient (Wildman–Crippen LogP) is 2.18. The van der Waals surface area contributed by atoms with Gasteiger partial charge in [0.2, 0.25) is 0 Å². The van der Waals surface area contributed by atoms with Crippen LogP contribution in [0, 0.1) is 10.1 Å². The van der Waals surface area contributed by atoms with Crippen molar-refractivity contribution in [2.24, 2.45) is 0 Å². The molecule has 0 heterocycles. The van der Waals surface area contributed by atoms with Crippen molar-refractivity contribution in [1.82, 2.24) is 5.32 Å². The van der Waals surface area contributed by atoms with Crippen molar-refractivity contribution < 1.29 is 19.6 Å². The number of halogens is 1. The average molecular weight is 333 g/mol. The second-order valence-electron chi connectivity index (χ2n) is 4.06. The zero-order valence-corrected chi connectivity index (χ0v) is 12.6. The summed E-state index contributed by atoms with van der Waals surface area (Å²) in [5.41, 5.74) is -0.686. The molecule has 0 bridgehead atoms. The molecule has 0 fully saturated rings. The van der Waals surface area contributed by atoms with E-state index in [0.717, 1.165) is 12.1 Å². The van der Waals surface area contributed by atoms with E-state index in [1.807, 2.05) is 6.26 Å². The molecule has 0 aliphatic rings. The van der Waals surface area contributed by atoms with E-state index in [1.54, 1.807) is 0 Å². The van der Waals surface area contributed by atoms with Gasteiger partial charge in [0.05, 0.1) is 4.92 Å². The summed E-state index contributed by atoms with van der Waals surface area (Å²) in [6.45, 7) is 0. The number of carboxylic acid groups (broad SMARTS) is 1. The predicted molar refractivity (Wildman–Crippen MR) is 80.0 cm³/mol. The molecule has 2 N–H and O–H groups in total. The maximum absolute atomic E-state index is 12.1. The second kappa shape index (κ2) is 7.84. The van der Waals surface area contributed by atoms with Gasteiger partial charge >= 0.3 is 5.97 Å². The van der Waals surface area contributed by atoms with Gasteiger partial charge in [-0.25, -0.2) is 4.79 Å². The van der Waals surface area contributed by atoms with E-state index in [9.17, 15) is 19.7 Å². The number of nitrogens with one attached hydrogen (secondary N) is 1. The van der Waals surface area contributed by atoms with Crippen LogP contribution < -0.4 is 5.32 Å². The van der Waals surface area contributed by atoms with Crippen LogP contribution in [0.25, 0.3) is 0 Å². The number of rotatable bonds is 7. The third kappa shape index (κ3) is 4.91. The molecule has 0 aromatic heterocycles. The number of benzene rings is 1. The molecule has 1 rings (SSSR count). The van der Waals surface area contributed by atoms with E-state index in [1.165, 1.54) is 17.8 Å². The lowest BCUT2D eigenvalue weighted by molar-refractivity contribution is -0.385. The van der Waals surface area contributed by atoms with Crippen LogP contribution in [0.1, 0.15) is 16.8 Å². The monoisotopic (exact) mass is 332 g/mol. The minimum atomic E-state index is -1.19. The van der Waals surface area contributed by atoms with Gasteiger partial charge < -0.3 is 10.4 Å². The Morgan fingerprint density at radius 2 is 2.19 bits per heavy atom. The van der Waals surface area contributed by atoms with E-state index in [2.05, 4.69) is 5.32 Å². The largest absolute Gasteiger partial charge is 0.480 e. The molecule has 1 atom stereocenters. The molecule has 1 aromatic rings. The fourth-order valence-electron chi connectivity index (χ4n) is 1.58. The summed E-state index contributed by atoms with van der Waals surface area (Å²) in [6.07, 6.45) is 2.03. The summed E-state index contributed by atoms with van der Waals surface area (Å²) in [6, 6.07) is 2.43.